The Morgan fingerprint density at radius 2 is 1.88 bits per heavy atom. The van der Waals surface area contributed by atoms with Crippen LogP contribution < -0.4 is 5.56 Å². The van der Waals surface area contributed by atoms with E-state index in [4.69, 9.17) is 0 Å². The van der Waals surface area contributed by atoms with E-state index in [9.17, 15) is 24.8 Å². The number of fused-ring (bicyclic) bond motifs is 5. The Bertz CT molecular complexity index is 1440. The second kappa shape index (κ2) is 8.04. The first-order valence-electron chi connectivity index (χ1n) is 9.65. The van der Waals surface area contributed by atoms with E-state index in [0.717, 1.165) is 0 Å². The number of halogens is 1. The summed E-state index contributed by atoms with van der Waals surface area (Å²) >= 11 is 0. The van der Waals surface area contributed by atoms with Crippen molar-refractivity contribution in [1.82, 2.24) is 14.1 Å². The minimum Gasteiger partial charge on any atom is -0.507 e. The average molecular weight is 497 g/mol. The van der Waals surface area contributed by atoms with Crippen LogP contribution in [0, 0.1) is 10.1 Å². The lowest BCUT2D eigenvalue weighted by Gasteiger charge is -2.15. The van der Waals surface area contributed by atoms with Crippen LogP contribution in [0.3, 0.4) is 0 Å². The largest absolute Gasteiger partial charge is 0.507 e. The fraction of sp³-hybridized carbons (Fsp3) is 0.136. The molecule has 9 nitrogen and oxygen atoms in total. The Hall–Kier alpha value is -3.79. The van der Waals surface area contributed by atoms with Gasteiger partial charge in [0.2, 0.25) is 0 Å². The van der Waals surface area contributed by atoms with Crippen molar-refractivity contribution in [3.05, 3.63) is 86.7 Å². The Morgan fingerprint density at radius 3 is 2.59 bits per heavy atom. The Kier molecular flexibility index (Phi) is 5.39. The summed E-state index contributed by atoms with van der Waals surface area (Å²) in [5, 5.41) is 22.0. The highest BCUT2D eigenvalue weighted by atomic mass is 79.9. The molecule has 0 saturated carbocycles. The van der Waals surface area contributed by atoms with Gasteiger partial charge in [0, 0.05) is 48.6 Å². The highest BCUT2D eigenvalue weighted by Crippen LogP contribution is 2.43. The van der Waals surface area contributed by atoms with Gasteiger partial charge < -0.3 is 14.2 Å². The number of imidazole rings is 1. The molecule has 0 fully saturated rings. The second-order valence-electron chi connectivity index (χ2n) is 7.35. The SMILES string of the molecule is Br.O=C1c2c(O)cccc2-c2c1c1ccc([N+](=O)[O-])cc1c(=O)n2CCCn1ccnc1. The van der Waals surface area contributed by atoms with Gasteiger partial charge >= 0.3 is 0 Å². The zero-order chi connectivity index (χ0) is 21.7. The molecule has 32 heavy (non-hydrogen) atoms. The molecule has 0 bridgehead atoms. The van der Waals surface area contributed by atoms with Crippen molar-refractivity contribution < 1.29 is 14.8 Å². The number of aromatic nitrogens is 3. The van der Waals surface area contributed by atoms with Gasteiger partial charge in [-0.15, -0.1) is 17.0 Å². The van der Waals surface area contributed by atoms with Gasteiger partial charge in [0.1, 0.15) is 5.75 Å². The van der Waals surface area contributed by atoms with E-state index in [1.807, 2.05) is 10.8 Å². The van der Waals surface area contributed by atoms with E-state index in [2.05, 4.69) is 4.98 Å². The molecule has 0 amide bonds. The molecule has 1 aliphatic rings. The summed E-state index contributed by atoms with van der Waals surface area (Å²) in [7, 11) is 0. The number of nitrogens with zero attached hydrogens (tertiary/aromatic N) is 4. The number of carbonyl (C=O) groups excluding carboxylic acids is 1. The standard InChI is InChI=1S/C22H16N4O5.BrH/c27-17-4-1-3-15-18(17)21(28)19-14-6-5-13(26(30)31)11-16(14)22(29)25(20(15)19)9-2-8-24-10-7-23-12-24;/h1,3-7,10-12,27H,2,8-9H2;1H. The summed E-state index contributed by atoms with van der Waals surface area (Å²) in [4.78, 5) is 41.3. The predicted octanol–water partition coefficient (Wildman–Crippen LogP) is 3.69. The van der Waals surface area contributed by atoms with Crippen LogP contribution in [0.25, 0.3) is 22.0 Å². The molecule has 0 unspecified atom stereocenters. The first kappa shape index (κ1) is 21.4. The number of pyridine rings is 1. The van der Waals surface area contributed by atoms with Crippen LogP contribution in [-0.2, 0) is 13.1 Å². The first-order chi connectivity index (χ1) is 15.0. The molecule has 162 valence electrons. The summed E-state index contributed by atoms with van der Waals surface area (Å²) < 4.78 is 3.36. The number of phenolic OH excluding ortho intramolecular Hbond substituents is 1. The van der Waals surface area contributed by atoms with Gasteiger partial charge in [-0.3, -0.25) is 19.7 Å². The number of benzene rings is 2. The minimum atomic E-state index is -0.572. The predicted molar refractivity (Wildman–Crippen MR) is 123 cm³/mol. The molecule has 0 saturated heterocycles. The highest BCUT2D eigenvalue weighted by molar-refractivity contribution is 8.93. The molecule has 1 N–H and O–H groups in total. The minimum absolute atomic E-state index is 0. The summed E-state index contributed by atoms with van der Waals surface area (Å²) in [5.74, 6) is -0.559. The molecule has 1 aliphatic carbocycles. The maximum absolute atomic E-state index is 13.4. The van der Waals surface area contributed by atoms with Crippen LogP contribution in [0.15, 0.2) is 59.9 Å². The quantitative estimate of drug-likeness (QED) is 0.292. The fourth-order valence-electron chi connectivity index (χ4n) is 4.20. The maximum Gasteiger partial charge on any atom is 0.270 e. The van der Waals surface area contributed by atoms with Gasteiger partial charge in [-0.25, -0.2) is 4.98 Å². The highest BCUT2D eigenvalue weighted by Gasteiger charge is 2.35. The molecule has 5 rings (SSSR count). The third-order valence-electron chi connectivity index (χ3n) is 5.57. The number of aryl methyl sites for hydroxylation is 1. The number of phenols is 1. The van der Waals surface area contributed by atoms with Gasteiger partial charge in [-0.05, 0) is 18.6 Å². The number of aromatic hydroxyl groups is 1. The Labute approximate surface area is 191 Å². The van der Waals surface area contributed by atoms with Crippen molar-refractivity contribution in [2.24, 2.45) is 0 Å². The number of hydrogen-bond acceptors (Lipinski definition) is 6. The molecule has 2 aromatic carbocycles. The molecule has 10 heteroatoms. The summed E-state index contributed by atoms with van der Waals surface area (Å²) in [6, 6.07) is 8.67. The van der Waals surface area contributed by atoms with Crippen molar-refractivity contribution in [3.8, 4) is 17.0 Å². The Morgan fingerprint density at radius 1 is 1.06 bits per heavy atom. The molecule has 4 aromatic rings. The molecule has 2 aromatic heterocycles. The molecular weight excluding hydrogens is 480 g/mol. The first-order valence-corrected chi connectivity index (χ1v) is 9.65. The van der Waals surface area contributed by atoms with E-state index in [1.54, 1.807) is 24.7 Å². The van der Waals surface area contributed by atoms with Gasteiger partial charge in [0.05, 0.1) is 33.5 Å². The van der Waals surface area contributed by atoms with E-state index in [-0.39, 0.29) is 44.9 Å². The van der Waals surface area contributed by atoms with Crippen molar-refractivity contribution in [2.75, 3.05) is 0 Å². The number of hydrogen-bond donors (Lipinski definition) is 1. The summed E-state index contributed by atoms with van der Waals surface area (Å²) in [5.41, 5.74) is 0.718. The number of nitro groups is 1. The summed E-state index contributed by atoms with van der Waals surface area (Å²) in [6.07, 6.45) is 5.73. The Balaban J connectivity index is 0.00000245. The maximum atomic E-state index is 13.4. The van der Waals surface area contributed by atoms with Crippen molar-refractivity contribution in [1.29, 1.82) is 0 Å². The van der Waals surface area contributed by atoms with Crippen molar-refractivity contribution in [2.45, 2.75) is 19.5 Å². The van der Waals surface area contributed by atoms with Gasteiger partial charge in [-0.1, -0.05) is 12.1 Å². The van der Waals surface area contributed by atoms with Crippen LogP contribution >= 0.6 is 17.0 Å². The molecule has 0 radical (unpaired) electrons. The average Bonchev–Trinajstić information content (AvgIpc) is 3.37. The number of non-ortho nitro benzene ring substituents is 1. The van der Waals surface area contributed by atoms with E-state index in [1.165, 1.54) is 28.8 Å². The number of carbonyl (C=O) groups is 1. The molecule has 0 atom stereocenters. The van der Waals surface area contributed by atoms with Gasteiger partial charge in [0.25, 0.3) is 11.2 Å². The normalized spacial score (nSPS) is 11.8. The monoisotopic (exact) mass is 496 g/mol. The van der Waals surface area contributed by atoms with Crippen molar-refractivity contribution in [3.63, 3.8) is 0 Å². The number of ketones is 1. The third-order valence-corrected chi connectivity index (χ3v) is 5.57. The van der Waals surface area contributed by atoms with Crippen LogP contribution in [0.1, 0.15) is 22.3 Å². The van der Waals surface area contributed by atoms with Crippen LogP contribution in [0.2, 0.25) is 0 Å². The van der Waals surface area contributed by atoms with Crippen molar-refractivity contribution >= 4 is 39.2 Å². The lowest BCUT2D eigenvalue weighted by atomic mass is 10.0. The zero-order valence-electron chi connectivity index (χ0n) is 16.6. The second-order valence-corrected chi connectivity index (χ2v) is 7.35. The number of nitro benzene ring substituents is 1. The van der Waals surface area contributed by atoms with E-state index >= 15 is 0 Å². The smallest absolute Gasteiger partial charge is 0.270 e. The van der Waals surface area contributed by atoms with Gasteiger partial charge in [0.15, 0.2) is 5.78 Å². The summed E-state index contributed by atoms with van der Waals surface area (Å²) in [6.45, 7) is 0.898. The molecule has 0 aliphatic heterocycles. The molecule has 0 spiro atoms. The van der Waals surface area contributed by atoms with Crippen LogP contribution in [0.5, 0.6) is 5.75 Å². The zero-order valence-corrected chi connectivity index (χ0v) is 18.3. The van der Waals surface area contributed by atoms with Gasteiger partial charge in [-0.2, -0.15) is 0 Å². The lowest BCUT2D eigenvalue weighted by molar-refractivity contribution is -0.384. The molecular formula is C22H17BrN4O5. The number of rotatable bonds is 5. The van der Waals surface area contributed by atoms with E-state index in [0.29, 0.717) is 36.2 Å². The van der Waals surface area contributed by atoms with Crippen LogP contribution in [0.4, 0.5) is 5.69 Å². The third kappa shape index (κ3) is 3.19. The molecule has 2 heterocycles. The van der Waals surface area contributed by atoms with E-state index < -0.39 is 16.3 Å². The lowest BCUT2D eigenvalue weighted by Crippen LogP contribution is -2.24. The fourth-order valence-corrected chi connectivity index (χ4v) is 4.20. The topological polar surface area (TPSA) is 120 Å². The van der Waals surface area contributed by atoms with Crippen LogP contribution in [-0.4, -0.2) is 29.9 Å².